The molecule has 1 aromatic heterocycles. The fourth-order valence-electron chi connectivity index (χ4n) is 2.55. The maximum absolute atomic E-state index is 13.8. The SMILES string of the molecule is Fc1cccc(Cl)c1CN1CCc2nc(C(F)(F)F)ncc2C1. The maximum Gasteiger partial charge on any atom is 0.451 e. The van der Waals surface area contributed by atoms with E-state index >= 15 is 0 Å². The molecule has 0 saturated heterocycles. The van der Waals surface area contributed by atoms with Gasteiger partial charge in [0.15, 0.2) is 0 Å². The van der Waals surface area contributed by atoms with Crippen molar-refractivity contribution in [3.63, 3.8) is 0 Å². The second-order valence-electron chi connectivity index (χ2n) is 5.32. The Hall–Kier alpha value is -1.73. The fourth-order valence-corrected chi connectivity index (χ4v) is 2.78. The number of alkyl halides is 3. The van der Waals surface area contributed by atoms with Gasteiger partial charge in [0.05, 0.1) is 5.69 Å². The van der Waals surface area contributed by atoms with Crippen LogP contribution in [-0.4, -0.2) is 21.4 Å². The molecule has 3 rings (SSSR count). The van der Waals surface area contributed by atoms with Crippen LogP contribution in [0.1, 0.15) is 22.6 Å². The van der Waals surface area contributed by atoms with Crippen LogP contribution in [-0.2, 0) is 25.7 Å². The van der Waals surface area contributed by atoms with E-state index in [1.165, 1.54) is 18.3 Å². The number of hydrogen-bond acceptors (Lipinski definition) is 3. The first kappa shape index (κ1) is 16.1. The lowest BCUT2D eigenvalue weighted by molar-refractivity contribution is -0.145. The zero-order valence-electron chi connectivity index (χ0n) is 11.9. The first-order valence-corrected chi connectivity index (χ1v) is 7.29. The number of fused-ring (bicyclic) bond motifs is 1. The Morgan fingerprint density at radius 1 is 1.26 bits per heavy atom. The zero-order chi connectivity index (χ0) is 16.6. The monoisotopic (exact) mass is 345 g/mol. The van der Waals surface area contributed by atoms with Gasteiger partial charge in [0.1, 0.15) is 5.82 Å². The van der Waals surface area contributed by atoms with E-state index in [1.807, 2.05) is 4.90 Å². The van der Waals surface area contributed by atoms with Gasteiger partial charge in [-0.05, 0) is 12.1 Å². The summed E-state index contributed by atoms with van der Waals surface area (Å²) in [6.45, 7) is 1.12. The Morgan fingerprint density at radius 3 is 2.74 bits per heavy atom. The molecule has 0 amide bonds. The molecule has 0 radical (unpaired) electrons. The minimum atomic E-state index is -4.55. The molecule has 2 heterocycles. The van der Waals surface area contributed by atoms with Crippen molar-refractivity contribution in [1.29, 1.82) is 0 Å². The van der Waals surface area contributed by atoms with Crippen molar-refractivity contribution in [2.24, 2.45) is 0 Å². The summed E-state index contributed by atoms with van der Waals surface area (Å²) < 4.78 is 51.7. The summed E-state index contributed by atoms with van der Waals surface area (Å²) in [4.78, 5) is 8.88. The molecule has 8 heteroatoms. The highest BCUT2D eigenvalue weighted by atomic mass is 35.5. The molecule has 0 saturated carbocycles. The zero-order valence-corrected chi connectivity index (χ0v) is 12.6. The Labute approximate surface area is 134 Å². The molecule has 0 spiro atoms. The lowest BCUT2D eigenvalue weighted by Crippen LogP contribution is -2.32. The van der Waals surface area contributed by atoms with Gasteiger partial charge in [0, 0.05) is 48.4 Å². The maximum atomic E-state index is 13.8. The Kier molecular flexibility index (Phi) is 4.25. The number of benzene rings is 1. The summed E-state index contributed by atoms with van der Waals surface area (Å²) in [6, 6.07) is 4.47. The van der Waals surface area contributed by atoms with Gasteiger partial charge < -0.3 is 0 Å². The quantitative estimate of drug-likeness (QED) is 0.774. The molecule has 0 N–H and O–H groups in total. The van der Waals surface area contributed by atoms with Crippen LogP contribution in [0.5, 0.6) is 0 Å². The molecule has 1 aliphatic rings. The summed E-state index contributed by atoms with van der Waals surface area (Å²) >= 11 is 6.00. The average Bonchev–Trinajstić information content (AvgIpc) is 2.49. The van der Waals surface area contributed by atoms with Gasteiger partial charge in [-0.1, -0.05) is 17.7 Å². The normalized spacial score (nSPS) is 15.5. The first-order valence-electron chi connectivity index (χ1n) is 6.92. The van der Waals surface area contributed by atoms with Gasteiger partial charge in [-0.3, -0.25) is 4.90 Å². The summed E-state index contributed by atoms with van der Waals surface area (Å²) in [6.07, 6.45) is -3.00. The summed E-state index contributed by atoms with van der Waals surface area (Å²) in [7, 11) is 0. The van der Waals surface area contributed by atoms with Crippen LogP contribution in [0.3, 0.4) is 0 Å². The highest BCUT2D eigenvalue weighted by Crippen LogP contribution is 2.28. The van der Waals surface area contributed by atoms with Crippen molar-refractivity contribution in [3.05, 3.63) is 57.9 Å². The topological polar surface area (TPSA) is 29.0 Å². The lowest BCUT2D eigenvalue weighted by atomic mass is 10.1. The van der Waals surface area contributed by atoms with Crippen LogP contribution in [0, 0.1) is 5.82 Å². The van der Waals surface area contributed by atoms with Crippen molar-refractivity contribution in [1.82, 2.24) is 14.9 Å². The van der Waals surface area contributed by atoms with Crippen molar-refractivity contribution in [3.8, 4) is 0 Å². The van der Waals surface area contributed by atoms with Crippen molar-refractivity contribution in [2.45, 2.75) is 25.7 Å². The first-order chi connectivity index (χ1) is 10.8. The number of aromatic nitrogens is 2. The summed E-state index contributed by atoms with van der Waals surface area (Å²) in [5.74, 6) is -1.52. The van der Waals surface area contributed by atoms with Crippen LogP contribution >= 0.6 is 11.6 Å². The number of nitrogens with zero attached hydrogens (tertiary/aromatic N) is 3. The highest BCUT2D eigenvalue weighted by Gasteiger charge is 2.35. The smallest absolute Gasteiger partial charge is 0.294 e. The highest BCUT2D eigenvalue weighted by molar-refractivity contribution is 6.31. The van der Waals surface area contributed by atoms with Gasteiger partial charge in [-0.2, -0.15) is 13.2 Å². The number of halogens is 5. The molecule has 23 heavy (non-hydrogen) atoms. The number of rotatable bonds is 2. The molecule has 3 nitrogen and oxygen atoms in total. The van der Waals surface area contributed by atoms with E-state index in [2.05, 4.69) is 9.97 Å². The molecular formula is C15H12ClF4N3. The largest absolute Gasteiger partial charge is 0.451 e. The van der Waals surface area contributed by atoms with E-state index in [9.17, 15) is 17.6 Å². The third-order valence-electron chi connectivity index (χ3n) is 3.71. The van der Waals surface area contributed by atoms with Crippen molar-refractivity contribution in [2.75, 3.05) is 6.54 Å². The van der Waals surface area contributed by atoms with Gasteiger partial charge in [-0.25, -0.2) is 14.4 Å². The van der Waals surface area contributed by atoms with Crippen LogP contribution in [0.25, 0.3) is 0 Å². The molecule has 0 unspecified atom stereocenters. The molecule has 2 aromatic rings. The van der Waals surface area contributed by atoms with Crippen LogP contribution in [0.2, 0.25) is 5.02 Å². The molecule has 0 aliphatic carbocycles. The minimum absolute atomic E-state index is 0.284. The molecule has 0 fully saturated rings. The van der Waals surface area contributed by atoms with Crippen LogP contribution in [0.15, 0.2) is 24.4 Å². The standard InChI is InChI=1S/C15H12ClF4N3/c16-11-2-1-3-12(17)10(11)8-23-5-4-13-9(7-23)6-21-14(22-13)15(18,19)20/h1-3,6H,4-5,7-8H2. The molecular weight excluding hydrogens is 334 g/mol. The van der Waals surface area contributed by atoms with Gasteiger partial charge in [0.25, 0.3) is 0 Å². The molecule has 0 atom stereocenters. The van der Waals surface area contributed by atoms with Gasteiger partial charge in [0.2, 0.25) is 5.82 Å². The third-order valence-corrected chi connectivity index (χ3v) is 4.06. The van der Waals surface area contributed by atoms with E-state index in [0.717, 1.165) is 0 Å². The van der Waals surface area contributed by atoms with Crippen LogP contribution in [0.4, 0.5) is 17.6 Å². The lowest BCUT2D eigenvalue weighted by Gasteiger charge is -2.28. The van der Waals surface area contributed by atoms with Crippen molar-refractivity contribution < 1.29 is 17.6 Å². The van der Waals surface area contributed by atoms with Crippen LogP contribution < -0.4 is 0 Å². The average molecular weight is 346 g/mol. The van der Waals surface area contributed by atoms with E-state index in [4.69, 9.17) is 11.6 Å². The summed E-state index contributed by atoms with van der Waals surface area (Å²) in [5, 5.41) is 0.333. The van der Waals surface area contributed by atoms with E-state index in [1.54, 1.807) is 6.07 Å². The number of hydrogen-bond donors (Lipinski definition) is 0. The molecule has 0 bridgehead atoms. The molecule has 1 aromatic carbocycles. The fraction of sp³-hybridized carbons (Fsp3) is 0.333. The molecule has 122 valence electrons. The summed E-state index contributed by atoms with van der Waals surface area (Å²) in [5.41, 5.74) is 1.39. The van der Waals surface area contributed by atoms with Crippen molar-refractivity contribution >= 4 is 11.6 Å². The Bertz CT molecular complexity index is 713. The Balaban J connectivity index is 1.79. The van der Waals surface area contributed by atoms with Gasteiger partial charge in [-0.15, -0.1) is 0 Å². The minimum Gasteiger partial charge on any atom is -0.294 e. The predicted octanol–water partition coefficient (Wildman–Crippen LogP) is 3.85. The van der Waals surface area contributed by atoms with E-state index < -0.39 is 17.8 Å². The van der Waals surface area contributed by atoms with Gasteiger partial charge >= 0.3 is 6.18 Å². The predicted molar refractivity (Wildman–Crippen MR) is 76.3 cm³/mol. The Morgan fingerprint density at radius 2 is 2.04 bits per heavy atom. The second-order valence-corrected chi connectivity index (χ2v) is 5.73. The second kappa shape index (κ2) is 6.05. The van der Waals surface area contributed by atoms with E-state index in [0.29, 0.717) is 41.4 Å². The molecule has 1 aliphatic heterocycles. The third kappa shape index (κ3) is 3.45. The van der Waals surface area contributed by atoms with E-state index in [-0.39, 0.29) is 6.54 Å².